The van der Waals surface area contributed by atoms with Gasteiger partial charge in [0, 0.05) is 12.6 Å². The molecule has 1 aliphatic heterocycles. The molecule has 5 heteroatoms. The number of nitrogens with two attached hydrogens (primary N) is 1. The second-order valence-electron chi connectivity index (χ2n) is 6.92. The molecule has 2 N–H and O–H groups in total. The summed E-state index contributed by atoms with van der Waals surface area (Å²) in [5, 5.41) is 0. The highest BCUT2D eigenvalue weighted by molar-refractivity contribution is 5.78. The maximum absolute atomic E-state index is 12.6. The zero-order valence-corrected chi connectivity index (χ0v) is 14.1. The Hall–Kier alpha value is -2.04. The molecule has 1 aromatic rings. The van der Waals surface area contributed by atoms with Crippen molar-refractivity contribution in [2.24, 2.45) is 11.7 Å². The van der Waals surface area contributed by atoms with Gasteiger partial charge in [0.05, 0.1) is 6.42 Å². The average molecular weight is 330 g/mol. The third-order valence-electron chi connectivity index (χ3n) is 5.23. The van der Waals surface area contributed by atoms with Gasteiger partial charge in [-0.2, -0.15) is 0 Å². The molecule has 2 aliphatic rings. The van der Waals surface area contributed by atoms with Crippen LogP contribution in [0.2, 0.25) is 0 Å². The van der Waals surface area contributed by atoms with E-state index in [1.165, 1.54) is 25.7 Å². The number of amides is 2. The lowest BCUT2D eigenvalue weighted by atomic mass is 9.78. The van der Waals surface area contributed by atoms with E-state index in [0.29, 0.717) is 17.7 Å². The van der Waals surface area contributed by atoms with Crippen molar-refractivity contribution in [1.29, 1.82) is 0 Å². The standard InChI is InChI=1S/C19H26N2O3/c20-18(22)12-14-7-9-16(10-8-14)24-13-19(23)21-11-3-5-15-4-1-2-6-17(15)21/h7-10,15,17H,1-6,11-13H2,(H2,20,22)/t15-,17+/m1/s1. The van der Waals surface area contributed by atoms with Gasteiger partial charge in [-0.05, 0) is 49.3 Å². The molecule has 1 heterocycles. The predicted molar refractivity (Wildman–Crippen MR) is 91.5 cm³/mol. The van der Waals surface area contributed by atoms with E-state index in [0.717, 1.165) is 24.9 Å². The van der Waals surface area contributed by atoms with Crippen molar-refractivity contribution in [2.75, 3.05) is 13.2 Å². The summed E-state index contributed by atoms with van der Waals surface area (Å²) >= 11 is 0. The lowest BCUT2D eigenvalue weighted by Crippen LogP contribution is -2.51. The lowest BCUT2D eigenvalue weighted by Gasteiger charge is -2.44. The van der Waals surface area contributed by atoms with E-state index in [9.17, 15) is 9.59 Å². The van der Waals surface area contributed by atoms with E-state index in [1.807, 2.05) is 12.1 Å². The van der Waals surface area contributed by atoms with Gasteiger partial charge in [-0.3, -0.25) is 9.59 Å². The number of ether oxygens (including phenoxy) is 1. The number of hydrogen-bond acceptors (Lipinski definition) is 3. The minimum Gasteiger partial charge on any atom is -0.484 e. The minimum absolute atomic E-state index is 0.0817. The van der Waals surface area contributed by atoms with E-state index in [-0.39, 0.29) is 24.8 Å². The second-order valence-corrected chi connectivity index (χ2v) is 6.92. The molecule has 24 heavy (non-hydrogen) atoms. The Kier molecular flexibility index (Phi) is 5.38. The van der Waals surface area contributed by atoms with Gasteiger partial charge >= 0.3 is 0 Å². The van der Waals surface area contributed by atoms with Gasteiger partial charge in [-0.25, -0.2) is 0 Å². The molecule has 1 saturated carbocycles. The van der Waals surface area contributed by atoms with E-state index in [4.69, 9.17) is 10.5 Å². The van der Waals surface area contributed by atoms with Crippen LogP contribution in [0.5, 0.6) is 5.75 Å². The van der Waals surface area contributed by atoms with Gasteiger partial charge in [-0.15, -0.1) is 0 Å². The van der Waals surface area contributed by atoms with Crippen molar-refractivity contribution < 1.29 is 14.3 Å². The first-order chi connectivity index (χ1) is 11.6. The van der Waals surface area contributed by atoms with Crippen molar-refractivity contribution in [2.45, 2.75) is 51.0 Å². The minimum atomic E-state index is -0.356. The molecule has 1 aromatic carbocycles. The molecule has 2 amide bonds. The molecule has 0 spiro atoms. The van der Waals surface area contributed by atoms with Crippen LogP contribution >= 0.6 is 0 Å². The van der Waals surface area contributed by atoms with E-state index in [1.54, 1.807) is 12.1 Å². The SMILES string of the molecule is NC(=O)Cc1ccc(OCC(=O)N2CCC[C@H]3CCCC[C@@H]32)cc1. The molecule has 0 aromatic heterocycles. The Morgan fingerprint density at radius 2 is 1.79 bits per heavy atom. The van der Waals surface area contributed by atoms with Crippen molar-refractivity contribution >= 4 is 11.8 Å². The summed E-state index contributed by atoms with van der Waals surface area (Å²) in [5.41, 5.74) is 6.03. The Morgan fingerprint density at radius 1 is 1.08 bits per heavy atom. The quantitative estimate of drug-likeness (QED) is 0.900. The summed E-state index contributed by atoms with van der Waals surface area (Å²) in [5.74, 6) is 1.07. The van der Waals surface area contributed by atoms with Gasteiger partial charge < -0.3 is 15.4 Å². The number of likely N-dealkylation sites (tertiary alicyclic amines) is 1. The largest absolute Gasteiger partial charge is 0.484 e. The number of primary amides is 1. The van der Waals surface area contributed by atoms with Crippen LogP contribution in [0.25, 0.3) is 0 Å². The first-order valence-electron chi connectivity index (χ1n) is 8.93. The summed E-state index contributed by atoms with van der Waals surface area (Å²) in [6.07, 6.45) is 7.51. The van der Waals surface area contributed by atoms with Gasteiger partial charge in [0.15, 0.2) is 6.61 Å². The fourth-order valence-electron chi connectivity index (χ4n) is 4.07. The van der Waals surface area contributed by atoms with Gasteiger partial charge in [0.1, 0.15) is 5.75 Å². The molecule has 130 valence electrons. The van der Waals surface area contributed by atoms with E-state index in [2.05, 4.69) is 4.90 Å². The Labute approximate surface area is 143 Å². The molecule has 0 unspecified atom stereocenters. The molecule has 1 aliphatic carbocycles. The van der Waals surface area contributed by atoms with Crippen LogP contribution in [-0.2, 0) is 16.0 Å². The van der Waals surface area contributed by atoms with Crippen molar-refractivity contribution in [1.82, 2.24) is 4.90 Å². The second kappa shape index (κ2) is 7.69. The normalized spacial score (nSPS) is 23.4. The number of nitrogens with zero attached hydrogens (tertiary/aromatic N) is 1. The molecule has 2 fully saturated rings. The number of carbonyl (C=O) groups excluding carboxylic acids is 2. The third-order valence-corrected chi connectivity index (χ3v) is 5.23. The summed E-state index contributed by atoms with van der Waals surface area (Å²) in [7, 11) is 0. The van der Waals surface area contributed by atoms with Crippen LogP contribution < -0.4 is 10.5 Å². The maximum Gasteiger partial charge on any atom is 0.260 e. The first kappa shape index (κ1) is 16.8. The Morgan fingerprint density at radius 3 is 2.54 bits per heavy atom. The smallest absolute Gasteiger partial charge is 0.260 e. The summed E-state index contributed by atoms with van der Waals surface area (Å²) in [4.78, 5) is 25.5. The van der Waals surface area contributed by atoms with E-state index < -0.39 is 0 Å². The van der Waals surface area contributed by atoms with Gasteiger partial charge in [0.25, 0.3) is 5.91 Å². The fraction of sp³-hybridized carbons (Fsp3) is 0.579. The fourth-order valence-corrected chi connectivity index (χ4v) is 4.07. The highest BCUT2D eigenvalue weighted by atomic mass is 16.5. The van der Waals surface area contributed by atoms with Crippen LogP contribution in [0.15, 0.2) is 24.3 Å². The van der Waals surface area contributed by atoms with Crippen molar-refractivity contribution in [3.8, 4) is 5.75 Å². The molecular weight excluding hydrogens is 304 g/mol. The summed E-state index contributed by atoms with van der Waals surface area (Å²) < 4.78 is 5.65. The zero-order chi connectivity index (χ0) is 16.9. The maximum atomic E-state index is 12.6. The number of rotatable bonds is 5. The highest BCUT2D eigenvalue weighted by Crippen LogP contribution is 2.35. The topological polar surface area (TPSA) is 72.6 Å². The average Bonchev–Trinajstić information content (AvgIpc) is 2.60. The van der Waals surface area contributed by atoms with Crippen LogP contribution in [0.1, 0.15) is 44.1 Å². The van der Waals surface area contributed by atoms with E-state index >= 15 is 0 Å². The number of hydrogen-bond donors (Lipinski definition) is 1. The predicted octanol–water partition coefficient (Wildman–Crippen LogP) is 2.27. The molecule has 1 saturated heterocycles. The monoisotopic (exact) mass is 330 g/mol. The molecule has 5 nitrogen and oxygen atoms in total. The number of benzene rings is 1. The van der Waals surface area contributed by atoms with Crippen LogP contribution in [0.3, 0.4) is 0 Å². The molecule has 0 bridgehead atoms. The highest BCUT2D eigenvalue weighted by Gasteiger charge is 2.35. The zero-order valence-electron chi connectivity index (χ0n) is 14.1. The number of carbonyl (C=O) groups is 2. The molecule has 3 rings (SSSR count). The first-order valence-corrected chi connectivity index (χ1v) is 8.93. The third kappa shape index (κ3) is 4.08. The lowest BCUT2D eigenvalue weighted by molar-refractivity contribution is -0.139. The Balaban J connectivity index is 1.54. The van der Waals surface area contributed by atoms with Crippen LogP contribution in [-0.4, -0.2) is 35.9 Å². The van der Waals surface area contributed by atoms with Crippen molar-refractivity contribution in [3.63, 3.8) is 0 Å². The van der Waals surface area contributed by atoms with Crippen molar-refractivity contribution in [3.05, 3.63) is 29.8 Å². The van der Waals surface area contributed by atoms with Gasteiger partial charge in [0.2, 0.25) is 5.91 Å². The Bertz CT molecular complexity index is 583. The molecule has 0 radical (unpaired) electrons. The van der Waals surface area contributed by atoms with Crippen LogP contribution in [0, 0.1) is 5.92 Å². The summed E-state index contributed by atoms with van der Waals surface area (Å²) in [6.45, 7) is 0.944. The van der Waals surface area contributed by atoms with Crippen LogP contribution in [0.4, 0.5) is 0 Å². The summed E-state index contributed by atoms with van der Waals surface area (Å²) in [6, 6.07) is 7.60. The number of piperidine rings is 1. The molecular formula is C19H26N2O3. The number of fused-ring (bicyclic) bond motifs is 1. The van der Waals surface area contributed by atoms with Gasteiger partial charge in [-0.1, -0.05) is 25.0 Å². The molecule has 2 atom stereocenters.